The number of nitrogens with zero attached hydrogens (tertiary/aromatic N) is 3. The average molecular weight is 358 g/mol. The van der Waals surface area contributed by atoms with Gasteiger partial charge in [-0.2, -0.15) is 0 Å². The van der Waals surface area contributed by atoms with Crippen molar-refractivity contribution >= 4 is 5.91 Å². The molecule has 1 aliphatic carbocycles. The molecule has 26 heavy (non-hydrogen) atoms. The van der Waals surface area contributed by atoms with E-state index in [0.29, 0.717) is 19.1 Å². The van der Waals surface area contributed by atoms with E-state index in [2.05, 4.69) is 15.6 Å². The van der Waals surface area contributed by atoms with Crippen LogP contribution in [0.15, 0.2) is 30.5 Å². The SMILES string of the molecule is O=C(NCc1ccccc1OCC1CC1)c1cn([C@@H]2COC[C@H]2O)nn1. The van der Waals surface area contributed by atoms with Gasteiger partial charge in [0.1, 0.15) is 17.9 Å². The maximum atomic E-state index is 12.4. The number of amides is 1. The quantitative estimate of drug-likeness (QED) is 0.764. The Morgan fingerprint density at radius 1 is 1.35 bits per heavy atom. The first-order valence-corrected chi connectivity index (χ1v) is 8.87. The van der Waals surface area contributed by atoms with Gasteiger partial charge in [-0.05, 0) is 24.8 Å². The van der Waals surface area contributed by atoms with Crippen molar-refractivity contribution in [3.05, 3.63) is 41.7 Å². The summed E-state index contributed by atoms with van der Waals surface area (Å²) in [6.07, 6.45) is 3.36. The molecule has 2 aromatic rings. The third-order valence-corrected chi connectivity index (χ3v) is 4.69. The lowest BCUT2D eigenvalue weighted by molar-refractivity contribution is 0.0945. The fraction of sp³-hybridized carbons (Fsp3) is 0.500. The number of hydrogen-bond acceptors (Lipinski definition) is 6. The minimum absolute atomic E-state index is 0.209. The van der Waals surface area contributed by atoms with E-state index >= 15 is 0 Å². The van der Waals surface area contributed by atoms with Gasteiger partial charge in [-0.3, -0.25) is 4.79 Å². The fourth-order valence-electron chi connectivity index (χ4n) is 2.88. The summed E-state index contributed by atoms with van der Waals surface area (Å²) >= 11 is 0. The highest BCUT2D eigenvalue weighted by Crippen LogP contribution is 2.30. The highest BCUT2D eigenvalue weighted by atomic mass is 16.5. The standard InChI is InChI=1S/C18H22N4O4/c23-16-11-25-10-15(16)22-8-14(20-21-22)18(24)19-7-13-3-1-2-4-17(13)26-9-12-5-6-12/h1-4,8,12,15-16,23H,5-7,9-11H2,(H,19,24)/t15-,16-/m1/s1. The van der Waals surface area contributed by atoms with Crippen molar-refractivity contribution < 1.29 is 19.4 Å². The lowest BCUT2D eigenvalue weighted by Gasteiger charge is -2.12. The first-order chi connectivity index (χ1) is 12.7. The summed E-state index contributed by atoms with van der Waals surface area (Å²) in [6, 6.07) is 7.39. The number of aliphatic hydroxyl groups excluding tert-OH is 1. The molecule has 1 amide bonds. The molecule has 2 aliphatic rings. The summed E-state index contributed by atoms with van der Waals surface area (Å²) < 4.78 is 12.5. The van der Waals surface area contributed by atoms with Crippen LogP contribution in [0.25, 0.3) is 0 Å². The molecular formula is C18H22N4O4. The Kier molecular flexibility index (Phi) is 4.85. The predicted molar refractivity (Wildman–Crippen MR) is 91.7 cm³/mol. The van der Waals surface area contributed by atoms with Gasteiger partial charge in [-0.15, -0.1) is 5.10 Å². The maximum absolute atomic E-state index is 12.4. The van der Waals surface area contributed by atoms with E-state index in [9.17, 15) is 9.90 Å². The number of aliphatic hydroxyl groups is 1. The molecule has 4 rings (SSSR count). The van der Waals surface area contributed by atoms with Crippen LogP contribution >= 0.6 is 0 Å². The maximum Gasteiger partial charge on any atom is 0.273 e. The molecule has 2 fully saturated rings. The van der Waals surface area contributed by atoms with Crippen LogP contribution in [0, 0.1) is 5.92 Å². The Bertz CT molecular complexity index is 774. The van der Waals surface area contributed by atoms with Gasteiger partial charge in [-0.25, -0.2) is 4.68 Å². The van der Waals surface area contributed by atoms with Crippen LogP contribution in [-0.2, 0) is 11.3 Å². The molecule has 2 N–H and O–H groups in total. The molecule has 138 valence electrons. The monoisotopic (exact) mass is 358 g/mol. The second-order valence-electron chi connectivity index (χ2n) is 6.80. The van der Waals surface area contributed by atoms with Gasteiger partial charge in [0.15, 0.2) is 5.69 Å². The molecule has 0 unspecified atom stereocenters. The van der Waals surface area contributed by atoms with Crippen LogP contribution in [0.4, 0.5) is 0 Å². The number of hydrogen-bond donors (Lipinski definition) is 2. The summed E-state index contributed by atoms with van der Waals surface area (Å²) in [6.45, 7) is 1.70. The van der Waals surface area contributed by atoms with E-state index in [1.165, 1.54) is 23.7 Å². The van der Waals surface area contributed by atoms with Gasteiger partial charge in [0.05, 0.1) is 26.0 Å². The molecule has 2 heterocycles. The second kappa shape index (κ2) is 7.43. The lowest BCUT2D eigenvalue weighted by atomic mass is 10.2. The number of nitrogens with one attached hydrogen (secondary N) is 1. The van der Waals surface area contributed by atoms with E-state index in [1.54, 1.807) is 0 Å². The molecule has 1 saturated heterocycles. The number of carbonyl (C=O) groups is 1. The largest absolute Gasteiger partial charge is 0.493 e. The third-order valence-electron chi connectivity index (χ3n) is 4.69. The van der Waals surface area contributed by atoms with Crippen molar-refractivity contribution in [3.63, 3.8) is 0 Å². The Morgan fingerprint density at radius 2 is 2.19 bits per heavy atom. The van der Waals surface area contributed by atoms with Crippen LogP contribution in [0.1, 0.15) is 34.9 Å². The minimum atomic E-state index is -0.636. The molecule has 1 aromatic carbocycles. The number of carbonyl (C=O) groups excluding carboxylic acids is 1. The first-order valence-electron chi connectivity index (χ1n) is 8.87. The van der Waals surface area contributed by atoms with E-state index in [-0.39, 0.29) is 24.2 Å². The van der Waals surface area contributed by atoms with Gasteiger partial charge in [0.25, 0.3) is 5.91 Å². The molecular weight excluding hydrogens is 336 g/mol. The normalized spacial score (nSPS) is 22.3. The van der Waals surface area contributed by atoms with E-state index < -0.39 is 6.10 Å². The third kappa shape index (κ3) is 3.86. The van der Waals surface area contributed by atoms with Crippen LogP contribution in [0.5, 0.6) is 5.75 Å². The number of benzene rings is 1. The summed E-state index contributed by atoms with van der Waals surface area (Å²) in [7, 11) is 0. The molecule has 1 aromatic heterocycles. The summed E-state index contributed by atoms with van der Waals surface area (Å²) in [5.41, 5.74) is 1.13. The van der Waals surface area contributed by atoms with Crippen molar-refractivity contribution in [2.75, 3.05) is 19.8 Å². The number of para-hydroxylation sites is 1. The number of aromatic nitrogens is 3. The van der Waals surface area contributed by atoms with Crippen LogP contribution < -0.4 is 10.1 Å². The van der Waals surface area contributed by atoms with Gasteiger partial charge >= 0.3 is 0 Å². The van der Waals surface area contributed by atoms with Gasteiger partial charge in [0, 0.05) is 12.1 Å². The highest BCUT2D eigenvalue weighted by Gasteiger charge is 2.29. The van der Waals surface area contributed by atoms with Crippen molar-refractivity contribution in [2.45, 2.75) is 31.5 Å². The summed E-state index contributed by atoms with van der Waals surface area (Å²) in [5, 5.41) is 20.5. The Labute approximate surface area is 151 Å². The van der Waals surface area contributed by atoms with E-state index in [1.807, 2.05) is 24.3 Å². The Hall–Kier alpha value is -2.45. The van der Waals surface area contributed by atoms with Crippen LogP contribution in [0.2, 0.25) is 0 Å². The zero-order chi connectivity index (χ0) is 17.9. The van der Waals surface area contributed by atoms with Gasteiger partial charge in [-0.1, -0.05) is 23.4 Å². The van der Waals surface area contributed by atoms with E-state index in [0.717, 1.165) is 17.9 Å². The number of ether oxygens (including phenoxy) is 2. The Balaban J connectivity index is 1.36. The zero-order valence-corrected chi connectivity index (χ0v) is 14.4. The van der Waals surface area contributed by atoms with Crippen molar-refractivity contribution in [2.24, 2.45) is 5.92 Å². The summed E-state index contributed by atoms with van der Waals surface area (Å²) in [4.78, 5) is 12.4. The predicted octanol–water partition coefficient (Wildman–Crippen LogP) is 0.929. The molecule has 0 radical (unpaired) electrons. The molecule has 8 heteroatoms. The smallest absolute Gasteiger partial charge is 0.273 e. The van der Waals surface area contributed by atoms with Crippen LogP contribution in [0.3, 0.4) is 0 Å². The summed E-state index contributed by atoms with van der Waals surface area (Å²) in [5.74, 6) is 1.15. The van der Waals surface area contributed by atoms with Crippen molar-refractivity contribution in [1.82, 2.24) is 20.3 Å². The zero-order valence-electron chi connectivity index (χ0n) is 14.4. The van der Waals surface area contributed by atoms with Gasteiger partial charge in [0.2, 0.25) is 0 Å². The highest BCUT2D eigenvalue weighted by molar-refractivity contribution is 5.91. The molecule has 0 bridgehead atoms. The molecule has 8 nitrogen and oxygen atoms in total. The van der Waals surface area contributed by atoms with Crippen molar-refractivity contribution in [1.29, 1.82) is 0 Å². The van der Waals surface area contributed by atoms with E-state index in [4.69, 9.17) is 9.47 Å². The molecule has 1 saturated carbocycles. The van der Waals surface area contributed by atoms with Crippen LogP contribution in [-0.4, -0.2) is 51.9 Å². The Morgan fingerprint density at radius 3 is 2.96 bits per heavy atom. The molecule has 1 aliphatic heterocycles. The molecule has 0 spiro atoms. The molecule has 2 atom stereocenters. The van der Waals surface area contributed by atoms with Gasteiger partial charge < -0.3 is 19.9 Å². The average Bonchev–Trinajstić information content (AvgIpc) is 3.18. The fourth-order valence-corrected chi connectivity index (χ4v) is 2.88. The van der Waals surface area contributed by atoms with Crippen molar-refractivity contribution in [3.8, 4) is 5.75 Å². The lowest BCUT2D eigenvalue weighted by Crippen LogP contribution is -2.24. The topological polar surface area (TPSA) is 98.5 Å². The minimum Gasteiger partial charge on any atom is -0.493 e. The second-order valence-corrected chi connectivity index (χ2v) is 6.80. The first kappa shape index (κ1) is 17.0. The number of rotatable bonds is 7.